The highest BCUT2D eigenvalue weighted by Gasteiger charge is 2.28. The first kappa shape index (κ1) is 17.7. The molecule has 0 aliphatic rings. The fourth-order valence-corrected chi connectivity index (χ4v) is 3.18. The number of nitrogens with zero attached hydrogens (tertiary/aromatic N) is 2. The number of aromatic amines is 1. The molecule has 2 aromatic heterocycles. The van der Waals surface area contributed by atoms with E-state index >= 15 is 0 Å². The van der Waals surface area contributed by atoms with E-state index in [0.717, 1.165) is 5.69 Å². The number of hydrogen-bond acceptors (Lipinski definition) is 5. The Morgan fingerprint density at radius 1 is 1.38 bits per heavy atom. The second-order valence-electron chi connectivity index (χ2n) is 6.13. The van der Waals surface area contributed by atoms with Crippen LogP contribution in [0.15, 0.2) is 35.3 Å². The van der Waals surface area contributed by atoms with Gasteiger partial charge in [0.25, 0.3) is 5.56 Å². The zero-order valence-electron chi connectivity index (χ0n) is 14.9. The normalized spacial score (nSPS) is 12.3. The van der Waals surface area contributed by atoms with Crippen molar-refractivity contribution in [2.45, 2.75) is 26.2 Å². The van der Waals surface area contributed by atoms with E-state index in [-0.39, 0.29) is 24.3 Å². The van der Waals surface area contributed by atoms with Crippen LogP contribution in [0.4, 0.5) is 0 Å². The average Bonchev–Trinajstić information content (AvgIpc) is 2.93. The summed E-state index contributed by atoms with van der Waals surface area (Å²) in [4.78, 5) is 27.7. The van der Waals surface area contributed by atoms with Gasteiger partial charge in [-0.3, -0.25) is 14.3 Å². The third-order valence-electron chi connectivity index (χ3n) is 4.60. The molecule has 0 amide bonds. The van der Waals surface area contributed by atoms with Gasteiger partial charge in [0.15, 0.2) is 0 Å². The van der Waals surface area contributed by atoms with Gasteiger partial charge in [0, 0.05) is 29.6 Å². The maximum absolute atomic E-state index is 12.7. The summed E-state index contributed by atoms with van der Waals surface area (Å²) >= 11 is 0. The second-order valence-corrected chi connectivity index (χ2v) is 6.13. The number of H-pyrrole nitrogens is 1. The van der Waals surface area contributed by atoms with Crippen LogP contribution in [0.25, 0.3) is 10.9 Å². The summed E-state index contributed by atoms with van der Waals surface area (Å²) in [6.07, 6.45) is 1.56. The highest BCUT2D eigenvalue weighted by atomic mass is 16.5. The Balaban J connectivity index is 2.21. The quantitative estimate of drug-likeness (QED) is 0.685. The van der Waals surface area contributed by atoms with Gasteiger partial charge in [-0.25, -0.2) is 0 Å². The van der Waals surface area contributed by atoms with Gasteiger partial charge in [0.1, 0.15) is 5.75 Å². The molecule has 26 heavy (non-hydrogen) atoms. The lowest BCUT2D eigenvalue weighted by molar-refractivity contribution is -0.143. The summed E-state index contributed by atoms with van der Waals surface area (Å²) in [5, 5.41) is 15.5. The van der Waals surface area contributed by atoms with Crippen molar-refractivity contribution >= 4 is 16.9 Å². The largest absolute Gasteiger partial charge is 0.507 e. The maximum atomic E-state index is 12.7. The minimum absolute atomic E-state index is 0.0602. The number of para-hydroxylation sites is 1. The Labute approximate surface area is 150 Å². The summed E-state index contributed by atoms with van der Waals surface area (Å²) in [6.45, 7) is 3.83. The van der Waals surface area contributed by atoms with Crippen LogP contribution in [0, 0.1) is 6.92 Å². The van der Waals surface area contributed by atoms with Crippen molar-refractivity contribution in [3.05, 3.63) is 57.6 Å². The lowest BCUT2D eigenvalue weighted by Gasteiger charge is -2.18. The number of rotatable bonds is 5. The Bertz CT molecular complexity index is 1020. The lowest BCUT2D eigenvalue weighted by Crippen LogP contribution is -2.21. The number of nitrogens with one attached hydrogen (secondary N) is 1. The molecule has 136 valence electrons. The first-order valence-corrected chi connectivity index (χ1v) is 8.42. The predicted molar refractivity (Wildman–Crippen MR) is 97.3 cm³/mol. The standard InChI is InChI=1S/C19H21N3O4/c1-4-26-16(23)9-13(14-10-20-22(3)11(14)2)17-18(24)12-7-5-6-8-15(12)21-19(17)25/h5-8,10,13H,4,9H2,1-3H3,(H2,21,24,25)/t13-/m1/s1. The zero-order chi connectivity index (χ0) is 18.8. The van der Waals surface area contributed by atoms with E-state index in [0.29, 0.717) is 16.5 Å². The molecule has 2 N–H and O–H groups in total. The predicted octanol–water partition coefficient (Wildman–Crippen LogP) is 2.36. The van der Waals surface area contributed by atoms with Crippen molar-refractivity contribution in [1.29, 1.82) is 0 Å². The molecule has 0 aliphatic carbocycles. The van der Waals surface area contributed by atoms with E-state index in [1.54, 1.807) is 49.1 Å². The number of benzene rings is 1. The van der Waals surface area contributed by atoms with E-state index in [4.69, 9.17) is 4.74 Å². The highest BCUT2D eigenvalue weighted by Crippen LogP contribution is 2.36. The number of pyridine rings is 1. The number of ether oxygens (including phenoxy) is 1. The SMILES string of the molecule is CCOC(=O)C[C@H](c1cnn(C)c1C)c1c(O)c2ccccc2[nH]c1=O. The molecule has 0 fully saturated rings. The number of aromatic hydroxyl groups is 1. The first-order valence-electron chi connectivity index (χ1n) is 8.42. The number of hydrogen-bond donors (Lipinski definition) is 2. The molecule has 3 rings (SSSR count). The van der Waals surface area contributed by atoms with Gasteiger partial charge in [0.2, 0.25) is 0 Å². The van der Waals surface area contributed by atoms with Crippen LogP contribution in [0.2, 0.25) is 0 Å². The molecular weight excluding hydrogens is 334 g/mol. The first-order chi connectivity index (χ1) is 12.4. The van der Waals surface area contributed by atoms with Crippen molar-refractivity contribution in [1.82, 2.24) is 14.8 Å². The van der Waals surface area contributed by atoms with Crippen LogP contribution in [0.3, 0.4) is 0 Å². The number of esters is 1. The van der Waals surface area contributed by atoms with Crippen molar-refractivity contribution in [3.63, 3.8) is 0 Å². The Morgan fingerprint density at radius 2 is 2.12 bits per heavy atom. The van der Waals surface area contributed by atoms with Gasteiger partial charge in [-0.05, 0) is 26.0 Å². The van der Waals surface area contributed by atoms with E-state index in [2.05, 4.69) is 10.1 Å². The number of carbonyl (C=O) groups is 1. The summed E-state index contributed by atoms with van der Waals surface area (Å²) < 4.78 is 6.74. The third kappa shape index (κ3) is 3.08. The van der Waals surface area contributed by atoms with Crippen LogP contribution >= 0.6 is 0 Å². The third-order valence-corrected chi connectivity index (χ3v) is 4.60. The molecule has 0 unspecified atom stereocenters. The molecule has 7 heteroatoms. The number of fused-ring (bicyclic) bond motifs is 1. The molecule has 0 saturated heterocycles. The summed E-state index contributed by atoms with van der Waals surface area (Å²) in [5.41, 5.74) is 1.77. The summed E-state index contributed by atoms with van der Waals surface area (Å²) in [6, 6.07) is 7.00. The summed E-state index contributed by atoms with van der Waals surface area (Å²) in [7, 11) is 1.78. The van der Waals surface area contributed by atoms with Crippen LogP contribution in [0.5, 0.6) is 5.75 Å². The van der Waals surface area contributed by atoms with E-state index in [9.17, 15) is 14.7 Å². The van der Waals surface area contributed by atoms with Crippen LogP contribution in [0.1, 0.15) is 36.1 Å². The molecule has 0 saturated carbocycles. The van der Waals surface area contributed by atoms with E-state index < -0.39 is 17.4 Å². The molecule has 0 spiro atoms. The van der Waals surface area contributed by atoms with Crippen molar-refractivity contribution < 1.29 is 14.6 Å². The fraction of sp³-hybridized carbons (Fsp3) is 0.316. The van der Waals surface area contributed by atoms with Gasteiger partial charge < -0.3 is 14.8 Å². The van der Waals surface area contributed by atoms with Crippen molar-refractivity contribution in [2.75, 3.05) is 6.61 Å². The van der Waals surface area contributed by atoms with Crippen LogP contribution in [-0.4, -0.2) is 32.4 Å². The van der Waals surface area contributed by atoms with Crippen LogP contribution < -0.4 is 5.56 Å². The van der Waals surface area contributed by atoms with Gasteiger partial charge >= 0.3 is 5.97 Å². The Kier molecular flexibility index (Phi) is 4.79. The minimum atomic E-state index is -0.656. The fourth-order valence-electron chi connectivity index (χ4n) is 3.18. The maximum Gasteiger partial charge on any atom is 0.306 e. The van der Waals surface area contributed by atoms with Gasteiger partial charge in [-0.2, -0.15) is 5.10 Å². The van der Waals surface area contributed by atoms with Gasteiger partial charge in [0.05, 0.1) is 30.3 Å². The smallest absolute Gasteiger partial charge is 0.306 e. The number of carbonyl (C=O) groups excluding carboxylic acids is 1. The molecule has 1 atom stereocenters. The Morgan fingerprint density at radius 3 is 2.77 bits per heavy atom. The van der Waals surface area contributed by atoms with Crippen molar-refractivity contribution in [3.8, 4) is 5.75 Å². The van der Waals surface area contributed by atoms with E-state index in [1.807, 2.05) is 6.92 Å². The summed E-state index contributed by atoms with van der Waals surface area (Å²) in [5.74, 6) is -1.22. The monoisotopic (exact) mass is 355 g/mol. The topological polar surface area (TPSA) is 97.2 Å². The van der Waals surface area contributed by atoms with Gasteiger partial charge in [-0.1, -0.05) is 12.1 Å². The average molecular weight is 355 g/mol. The van der Waals surface area contributed by atoms with Crippen molar-refractivity contribution in [2.24, 2.45) is 7.05 Å². The minimum Gasteiger partial charge on any atom is -0.507 e. The molecule has 0 aliphatic heterocycles. The highest BCUT2D eigenvalue weighted by molar-refractivity contribution is 5.86. The zero-order valence-corrected chi connectivity index (χ0v) is 14.9. The number of aromatic nitrogens is 3. The molecular formula is C19H21N3O4. The molecule has 7 nitrogen and oxygen atoms in total. The molecule has 0 bridgehead atoms. The lowest BCUT2D eigenvalue weighted by atomic mass is 9.88. The second kappa shape index (κ2) is 7.03. The Hall–Kier alpha value is -3.09. The molecule has 1 aromatic carbocycles. The molecule has 0 radical (unpaired) electrons. The molecule has 3 aromatic rings. The van der Waals surface area contributed by atoms with Crippen LogP contribution in [-0.2, 0) is 16.6 Å². The van der Waals surface area contributed by atoms with E-state index in [1.165, 1.54) is 0 Å². The number of aryl methyl sites for hydroxylation is 1. The molecule has 2 heterocycles. The van der Waals surface area contributed by atoms with Gasteiger partial charge in [-0.15, -0.1) is 0 Å².